The van der Waals surface area contributed by atoms with Crippen LogP contribution < -0.4 is 5.32 Å². The summed E-state index contributed by atoms with van der Waals surface area (Å²) in [7, 11) is -4.08. The van der Waals surface area contributed by atoms with Gasteiger partial charge in [-0.15, -0.1) is 0 Å². The van der Waals surface area contributed by atoms with Gasteiger partial charge < -0.3 is 5.32 Å². The fourth-order valence-corrected chi connectivity index (χ4v) is 2.05. The van der Waals surface area contributed by atoms with Gasteiger partial charge in [0.25, 0.3) is 16.0 Å². The number of nitrogens with one attached hydrogen (secondary N) is 1. The zero-order valence-electron chi connectivity index (χ0n) is 12.1. The Balaban J connectivity index is 1.94. The molecule has 1 amide bonds. The molecule has 0 aromatic heterocycles. The highest BCUT2D eigenvalue weighted by Crippen LogP contribution is 2.18. The van der Waals surface area contributed by atoms with E-state index in [0.717, 1.165) is 5.69 Å². The van der Waals surface area contributed by atoms with Gasteiger partial charge >= 0.3 is 0 Å². The molecule has 0 aliphatic heterocycles. The molecule has 0 unspecified atom stereocenters. The second-order valence-electron chi connectivity index (χ2n) is 4.62. The molecule has 0 radical (unpaired) electrons. The number of carbonyl (C=O) groups is 1. The number of hydrogen-bond acceptors (Lipinski definition) is 5. The first kappa shape index (κ1) is 16.8. The third-order valence-corrected chi connectivity index (χ3v) is 3.53. The summed E-state index contributed by atoms with van der Waals surface area (Å²) in [5.74, 6) is -0.956. The molecule has 0 fully saturated rings. The van der Waals surface area contributed by atoms with E-state index in [4.69, 9.17) is 4.55 Å². The number of azo groups is 1. The quantitative estimate of drug-likeness (QED) is 0.626. The minimum absolute atomic E-state index is 0.160. The van der Waals surface area contributed by atoms with Crippen LogP contribution in [0, 0.1) is 0 Å². The van der Waals surface area contributed by atoms with Crippen molar-refractivity contribution in [2.24, 2.45) is 10.2 Å². The average molecular weight is 333 g/mol. The van der Waals surface area contributed by atoms with Crippen LogP contribution in [0.4, 0.5) is 11.4 Å². The molecule has 0 aliphatic rings. The summed E-state index contributed by atoms with van der Waals surface area (Å²) in [6.07, 6.45) is 0. The van der Waals surface area contributed by atoms with Crippen LogP contribution in [0.25, 0.3) is 0 Å². The largest absolute Gasteiger partial charge is 0.351 e. The van der Waals surface area contributed by atoms with E-state index in [0.29, 0.717) is 11.3 Å². The molecule has 2 aromatic rings. The monoisotopic (exact) mass is 333 g/mol. The maximum Gasteiger partial charge on any atom is 0.266 e. The number of benzene rings is 2. The number of rotatable bonds is 6. The summed E-state index contributed by atoms with van der Waals surface area (Å²) < 4.78 is 29.7. The maximum absolute atomic E-state index is 11.8. The van der Waals surface area contributed by atoms with Crippen LogP contribution >= 0.6 is 0 Å². The molecule has 2 N–H and O–H groups in total. The summed E-state index contributed by atoms with van der Waals surface area (Å²) >= 11 is 0. The van der Waals surface area contributed by atoms with Crippen molar-refractivity contribution in [1.82, 2.24) is 5.32 Å². The van der Waals surface area contributed by atoms with Crippen molar-refractivity contribution < 1.29 is 17.8 Å². The Morgan fingerprint density at radius 3 is 2.09 bits per heavy atom. The summed E-state index contributed by atoms with van der Waals surface area (Å²) in [5, 5.41) is 10.5. The van der Waals surface area contributed by atoms with Gasteiger partial charge in [-0.25, -0.2) is 0 Å². The molecule has 0 atom stereocenters. The smallest absolute Gasteiger partial charge is 0.266 e. The molecule has 0 saturated carbocycles. The highest BCUT2D eigenvalue weighted by molar-refractivity contribution is 7.85. The molecule has 0 heterocycles. The molecule has 23 heavy (non-hydrogen) atoms. The Hall–Kier alpha value is -2.58. The molecule has 7 nitrogen and oxygen atoms in total. The van der Waals surface area contributed by atoms with Crippen LogP contribution in [-0.2, 0) is 10.1 Å². The normalized spacial score (nSPS) is 11.5. The average Bonchev–Trinajstić information content (AvgIpc) is 2.53. The highest BCUT2D eigenvalue weighted by Gasteiger charge is 2.08. The predicted octanol–water partition coefficient (Wildman–Crippen LogP) is 2.72. The second-order valence-corrected chi connectivity index (χ2v) is 6.20. The van der Waals surface area contributed by atoms with E-state index >= 15 is 0 Å². The zero-order valence-corrected chi connectivity index (χ0v) is 12.9. The van der Waals surface area contributed by atoms with Crippen molar-refractivity contribution in [2.45, 2.75) is 0 Å². The molecule has 2 aromatic carbocycles. The van der Waals surface area contributed by atoms with Gasteiger partial charge in [0, 0.05) is 12.1 Å². The lowest BCUT2D eigenvalue weighted by molar-refractivity contribution is 0.0956. The molecule has 0 bridgehead atoms. The van der Waals surface area contributed by atoms with Crippen LogP contribution in [0.2, 0.25) is 0 Å². The Labute approximate surface area is 133 Å². The van der Waals surface area contributed by atoms with Gasteiger partial charge in [0.2, 0.25) is 0 Å². The molecule has 120 valence electrons. The Morgan fingerprint density at radius 2 is 1.52 bits per heavy atom. The van der Waals surface area contributed by atoms with Crippen LogP contribution in [0.1, 0.15) is 10.4 Å². The maximum atomic E-state index is 11.8. The number of carbonyl (C=O) groups excluding carboxylic acids is 1. The van der Waals surface area contributed by atoms with Gasteiger partial charge in [-0.2, -0.15) is 18.6 Å². The van der Waals surface area contributed by atoms with Crippen LogP contribution in [0.15, 0.2) is 64.8 Å². The molecular formula is C15H15N3O4S. The fraction of sp³-hybridized carbons (Fsp3) is 0.133. The minimum atomic E-state index is -4.08. The molecule has 0 spiro atoms. The Kier molecular flexibility index (Phi) is 5.56. The molecular weight excluding hydrogens is 318 g/mol. The molecule has 2 rings (SSSR count). The van der Waals surface area contributed by atoms with Gasteiger partial charge in [-0.1, -0.05) is 18.2 Å². The van der Waals surface area contributed by atoms with Gasteiger partial charge in [0.1, 0.15) is 0 Å². The van der Waals surface area contributed by atoms with Gasteiger partial charge in [-0.05, 0) is 36.4 Å². The number of hydrogen-bond donors (Lipinski definition) is 2. The topological polar surface area (TPSA) is 108 Å². The highest BCUT2D eigenvalue weighted by atomic mass is 32.2. The third kappa shape index (κ3) is 5.97. The van der Waals surface area contributed by atoms with E-state index in [1.165, 1.54) is 0 Å². The summed E-state index contributed by atoms with van der Waals surface area (Å²) in [6, 6.07) is 15.6. The number of nitrogens with zero attached hydrogens (tertiary/aromatic N) is 2. The summed E-state index contributed by atoms with van der Waals surface area (Å²) in [6.45, 7) is -0.160. The lowest BCUT2D eigenvalue weighted by atomic mass is 10.2. The lowest BCUT2D eigenvalue weighted by Crippen LogP contribution is -2.28. The molecule has 0 saturated heterocycles. The second kappa shape index (κ2) is 7.61. The van der Waals surface area contributed by atoms with Crippen molar-refractivity contribution in [3.8, 4) is 0 Å². The van der Waals surface area contributed by atoms with E-state index in [2.05, 4.69) is 15.5 Å². The zero-order chi connectivity index (χ0) is 16.7. The van der Waals surface area contributed by atoms with Crippen molar-refractivity contribution in [3.63, 3.8) is 0 Å². The van der Waals surface area contributed by atoms with Gasteiger partial charge in [0.05, 0.1) is 17.1 Å². The summed E-state index contributed by atoms with van der Waals surface area (Å²) in [4.78, 5) is 11.8. The van der Waals surface area contributed by atoms with Crippen LogP contribution in [0.3, 0.4) is 0 Å². The van der Waals surface area contributed by atoms with E-state index in [9.17, 15) is 13.2 Å². The fourth-order valence-electron chi connectivity index (χ4n) is 1.69. The van der Waals surface area contributed by atoms with Crippen LogP contribution in [-0.4, -0.2) is 31.2 Å². The first-order valence-corrected chi connectivity index (χ1v) is 8.35. The Bertz CT molecular complexity index is 787. The van der Waals surface area contributed by atoms with Crippen LogP contribution in [0.5, 0.6) is 0 Å². The first-order valence-electron chi connectivity index (χ1n) is 6.74. The van der Waals surface area contributed by atoms with E-state index in [-0.39, 0.29) is 6.54 Å². The van der Waals surface area contributed by atoms with Crippen molar-refractivity contribution in [1.29, 1.82) is 0 Å². The van der Waals surface area contributed by atoms with Crippen molar-refractivity contribution >= 4 is 27.4 Å². The van der Waals surface area contributed by atoms with Crippen molar-refractivity contribution in [3.05, 3.63) is 60.2 Å². The lowest BCUT2D eigenvalue weighted by Gasteiger charge is -2.04. The van der Waals surface area contributed by atoms with Gasteiger partial charge in [-0.3, -0.25) is 9.35 Å². The standard InChI is InChI=1S/C15H15N3O4S/c19-15(16-10-11-23(20,21)22)12-6-8-14(9-7-12)18-17-13-4-2-1-3-5-13/h1-9H,10-11H2,(H,16,19)(H,20,21,22). The Morgan fingerprint density at radius 1 is 0.957 bits per heavy atom. The summed E-state index contributed by atoms with van der Waals surface area (Å²) in [5.41, 5.74) is 1.67. The number of amides is 1. The third-order valence-electron chi connectivity index (χ3n) is 2.81. The van der Waals surface area contributed by atoms with E-state index < -0.39 is 21.8 Å². The molecule has 0 aliphatic carbocycles. The van der Waals surface area contributed by atoms with E-state index in [1.807, 2.05) is 30.3 Å². The van der Waals surface area contributed by atoms with Gasteiger partial charge in [0.15, 0.2) is 0 Å². The van der Waals surface area contributed by atoms with E-state index in [1.54, 1.807) is 24.3 Å². The SMILES string of the molecule is O=C(NCCS(=O)(=O)O)c1ccc(N=Nc2ccccc2)cc1. The molecule has 8 heteroatoms. The first-order chi connectivity index (χ1) is 10.9. The van der Waals surface area contributed by atoms with Crippen molar-refractivity contribution in [2.75, 3.05) is 12.3 Å². The minimum Gasteiger partial charge on any atom is -0.351 e. The predicted molar refractivity (Wildman–Crippen MR) is 85.8 cm³/mol.